The number of fused-ring (bicyclic) bond motifs is 1. The Morgan fingerprint density at radius 2 is 2.25 bits per heavy atom. The number of hydrogen-bond acceptors (Lipinski definition) is 2. The molecule has 1 aliphatic heterocycles. The number of nitrogens with one attached hydrogen (secondary N) is 1. The summed E-state index contributed by atoms with van der Waals surface area (Å²) in [5.74, 6) is 0. The van der Waals surface area contributed by atoms with Crippen LogP contribution in [-0.4, -0.2) is 19.2 Å². The third-order valence-electron chi connectivity index (χ3n) is 3.93. The van der Waals surface area contributed by atoms with Gasteiger partial charge in [-0.3, -0.25) is 0 Å². The summed E-state index contributed by atoms with van der Waals surface area (Å²) < 4.78 is 6.10. The van der Waals surface area contributed by atoms with Crippen molar-refractivity contribution in [1.82, 2.24) is 5.32 Å². The Bertz CT molecular complexity index is 441. The van der Waals surface area contributed by atoms with Crippen molar-refractivity contribution in [2.45, 2.75) is 51.7 Å². The third kappa shape index (κ3) is 3.94. The number of rotatable bonds is 7. The Kier molecular flexibility index (Phi) is 5.81. The Morgan fingerprint density at radius 1 is 1.45 bits per heavy atom. The van der Waals surface area contributed by atoms with Crippen LogP contribution >= 0.6 is 0 Å². The minimum Gasteiger partial charge on any atom is -0.372 e. The fourth-order valence-electron chi connectivity index (χ4n) is 2.85. The van der Waals surface area contributed by atoms with Crippen LogP contribution < -0.4 is 5.32 Å². The topological polar surface area (TPSA) is 21.3 Å². The van der Waals surface area contributed by atoms with Crippen LogP contribution in [0.5, 0.6) is 0 Å². The zero-order chi connectivity index (χ0) is 14.4. The molecule has 1 aromatic rings. The first-order valence-electron chi connectivity index (χ1n) is 7.79. The highest BCUT2D eigenvalue weighted by atomic mass is 16.5. The van der Waals surface area contributed by atoms with E-state index >= 15 is 0 Å². The molecule has 2 rings (SSSR count). The maximum absolute atomic E-state index is 6.10. The minimum atomic E-state index is 0.186. The van der Waals surface area contributed by atoms with Crippen LogP contribution in [0.3, 0.4) is 0 Å². The lowest BCUT2D eigenvalue weighted by atomic mass is 9.90. The van der Waals surface area contributed by atoms with Gasteiger partial charge in [0, 0.05) is 6.04 Å². The highest BCUT2D eigenvalue weighted by Crippen LogP contribution is 2.31. The molecule has 0 amide bonds. The van der Waals surface area contributed by atoms with Gasteiger partial charge in [-0.2, -0.15) is 0 Å². The van der Waals surface area contributed by atoms with Gasteiger partial charge in [-0.1, -0.05) is 36.8 Å². The molecule has 2 heteroatoms. The summed E-state index contributed by atoms with van der Waals surface area (Å²) in [6.45, 7) is 10.2. The summed E-state index contributed by atoms with van der Waals surface area (Å²) in [7, 11) is 0. The SMILES string of the molecule is C=C(C)CCC(NCCC)C1OCCc2ccccc21. The van der Waals surface area contributed by atoms with Crippen molar-refractivity contribution < 1.29 is 4.74 Å². The van der Waals surface area contributed by atoms with Gasteiger partial charge in [0.15, 0.2) is 0 Å². The quantitative estimate of drug-likeness (QED) is 0.757. The van der Waals surface area contributed by atoms with Crippen molar-refractivity contribution in [2.24, 2.45) is 0 Å². The highest BCUT2D eigenvalue weighted by molar-refractivity contribution is 5.32. The van der Waals surface area contributed by atoms with Gasteiger partial charge in [0.05, 0.1) is 12.7 Å². The largest absolute Gasteiger partial charge is 0.372 e. The van der Waals surface area contributed by atoms with Gasteiger partial charge in [0.1, 0.15) is 0 Å². The maximum Gasteiger partial charge on any atom is 0.0980 e. The van der Waals surface area contributed by atoms with Crippen LogP contribution in [0.15, 0.2) is 36.4 Å². The first-order valence-corrected chi connectivity index (χ1v) is 7.79. The molecule has 2 unspecified atom stereocenters. The van der Waals surface area contributed by atoms with E-state index in [1.165, 1.54) is 16.7 Å². The van der Waals surface area contributed by atoms with E-state index < -0.39 is 0 Å². The van der Waals surface area contributed by atoms with Crippen molar-refractivity contribution >= 4 is 0 Å². The zero-order valence-electron chi connectivity index (χ0n) is 12.8. The zero-order valence-corrected chi connectivity index (χ0v) is 12.8. The average Bonchev–Trinajstić information content (AvgIpc) is 2.47. The first kappa shape index (κ1) is 15.3. The number of hydrogen-bond donors (Lipinski definition) is 1. The average molecular weight is 273 g/mol. The van der Waals surface area contributed by atoms with E-state index in [0.29, 0.717) is 6.04 Å². The van der Waals surface area contributed by atoms with Crippen molar-refractivity contribution in [3.8, 4) is 0 Å². The van der Waals surface area contributed by atoms with E-state index in [9.17, 15) is 0 Å². The molecule has 110 valence electrons. The van der Waals surface area contributed by atoms with Crippen LogP contribution in [0.2, 0.25) is 0 Å². The molecule has 0 fully saturated rings. The van der Waals surface area contributed by atoms with Crippen LogP contribution in [0, 0.1) is 0 Å². The maximum atomic E-state index is 6.10. The van der Waals surface area contributed by atoms with E-state index in [-0.39, 0.29) is 6.10 Å². The molecule has 0 aliphatic carbocycles. The van der Waals surface area contributed by atoms with E-state index in [4.69, 9.17) is 4.74 Å². The van der Waals surface area contributed by atoms with E-state index in [1.807, 2.05) is 0 Å². The lowest BCUT2D eigenvalue weighted by molar-refractivity contribution is 0.0134. The summed E-state index contributed by atoms with van der Waals surface area (Å²) in [4.78, 5) is 0. The van der Waals surface area contributed by atoms with Crippen molar-refractivity contribution in [1.29, 1.82) is 0 Å². The molecular formula is C18H27NO. The molecule has 0 aromatic heterocycles. The summed E-state index contributed by atoms with van der Waals surface area (Å²) in [6.07, 6.45) is 4.52. The molecule has 1 heterocycles. The standard InChI is InChI=1S/C18H27NO/c1-4-12-19-17(10-9-14(2)3)18-16-8-6-5-7-15(16)11-13-20-18/h5-8,17-19H,2,4,9-13H2,1,3H3. The minimum absolute atomic E-state index is 0.186. The molecule has 0 spiro atoms. The van der Waals surface area contributed by atoms with Gasteiger partial charge >= 0.3 is 0 Å². The summed E-state index contributed by atoms with van der Waals surface area (Å²) in [6, 6.07) is 9.09. The van der Waals surface area contributed by atoms with Gasteiger partial charge in [-0.05, 0) is 50.3 Å². The second kappa shape index (κ2) is 7.61. The fraction of sp³-hybridized carbons (Fsp3) is 0.556. The van der Waals surface area contributed by atoms with Crippen molar-refractivity contribution in [3.05, 3.63) is 47.5 Å². The van der Waals surface area contributed by atoms with Crippen LogP contribution in [0.4, 0.5) is 0 Å². The van der Waals surface area contributed by atoms with Gasteiger partial charge < -0.3 is 10.1 Å². The Hall–Kier alpha value is -1.12. The molecule has 1 aromatic carbocycles. The molecule has 0 saturated heterocycles. The Morgan fingerprint density at radius 3 is 3.00 bits per heavy atom. The van der Waals surface area contributed by atoms with Crippen molar-refractivity contribution in [3.63, 3.8) is 0 Å². The van der Waals surface area contributed by atoms with Crippen LogP contribution in [0.25, 0.3) is 0 Å². The van der Waals surface area contributed by atoms with Crippen molar-refractivity contribution in [2.75, 3.05) is 13.2 Å². The molecule has 20 heavy (non-hydrogen) atoms. The predicted octanol–water partition coefficient (Wildman–Crippen LogP) is 4.02. The highest BCUT2D eigenvalue weighted by Gasteiger charge is 2.27. The monoisotopic (exact) mass is 273 g/mol. The molecule has 2 nitrogen and oxygen atoms in total. The lowest BCUT2D eigenvalue weighted by Gasteiger charge is -2.33. The molecule has 0 saturated carbocycles. The van der Waals surface area contributed by atoms with Crippen LogP contribution in [-0.2, 0) is 11.2 Å². The van der Waals surface area contributed by atoms with Crippen LogP contribution in [0.1, 0.15) is 50.3 Å². The fourth-order valence-corrected chi connectivity index (χ4v) is 2.85. The Balaban J connectivity index is 2.13. The smallest absolute Gasteiger partial charge is 0.0980 e. The predicted molar refractivity (Wildman–Crippen MR) is 85.0 cm³/mol. The number of ether oxygens (including phenoxy) is 1. The number of benzene rings is 1. The normalized spacial score (nSPS) is 19.4. The number of allylic oxidation sites excluding steroid dienone is 1. The van der Waals surface area contributed by atoms with E-state index in [0.717, 1.165) is 38.8 Å². The van der Waals surface area contributed by atoms with Gasteiger partial charge in [-0.15, -0.1) is 6.58 Å². The molecule has 0 radical (unpaired) electrons. The van der Waals surface area contributed by atoms with Gasteiger partial charge in [0.2, 0.25) is 0 Å². The second-order valence-electron chi connectivity index (χ2n) is 5.80. The summed E-state index contributed by atoms with van der Waals surface area (Å²) in [5.41, 5.74) is 4.06. The molecule has 1 N–H and O–H groups in total. The van der Waals surface area contributed by atoms with Gasteiger partial charge in [0.25, 0.3) is 0 Å². The molecule has 0 bridgehead atoms. The first-order chi connectivity index (χ1) is 9.72. The molecular weight excluding hydrogens is 246 g/mol. The second-order valence-corrected chi connectivity index (χ2v) is 5.80. The lowest BCUT2D eigenvalue weighted by Crippen LogP contribution is -2.39. The van der Waals surface area contributed by atoms with E-state index in [1.54, 1.807) is 0 Å². The summed E-state index contributed by atoms with van der Waals surface area (Å²) in [5, 5.41) is 3.67. The molecule has 2 atom stereocenters. The van der Waals surface area contributed by atoms with E-state index in [2.05, 4.69) is 50.0 Å². The Labute approximate surface area is 123 Å². The van der Waals surface area contributed by atoms with Gasteiger partial charge in [-0.25, -0.2) is 0 Å². The third-order valence-corrected chi connectivity index (χ3v) is 3.93. The molecule has 1 aliphatic rings. The summed E-state index contributed by atoms with van der Waals surface area (Å²) >= 11 is 0.